The van der Waals surface area contributed by atoms with Gasteiger partial charge in [-0.3, -0.25) is 0 Å². The highest BCUT2D eigenvalue weighted by Gasteiger charge is 2.22. The van der Waals surface area contributed by atoms with E-state index in [4.69, 9.17) is 5.11 Å². The highest BCUT2D eigenvalue weighted by atomic mass is 127. The summed E-state index contributed by atoms with van der Waals surface area (Å²) in [7, 11) is 0. The van der Waals surface area contributed by atoms with E-state index in [1.807, 2.05) is 0 Å². The van der Waals surface area contributed by atoms with Crippen LogP contribution >= 0.6 is 22.6 Å². The lowest BCUT2D eigenvalue weighted by Crippen LogP contribution is -2.40. The van der Waals surface area contributed by atoms with Crippen LogP contribution < -0.4 is 0 Å². The molecule has 0 radical (unpaired) electrons. The zero-order valence-corrected chi connectivity index (χ0v) is 9.12. The molecule has 66 valence electrons. The van der Waals surface area contributed by atoms with Crippen LogP contribution in [0.25, 0.3) is 0 Å². The van der Waals surface area contributed by atoms with Crippen LogP contribution in [0.5, 0.6) is 0 Å². The molecule has 1 aliphatic rings. The van der Waals surface area contributed by atoms with Crippen LogP contribution in [-0.2, 0) is 0 Å². The van der Waals surface area contributed by atoms with Crippen LogP contribution in [0.3, 0.4) is 0 Å². The molecule has 2 unspecified atom stereocenters. The van der Waals surface area contributed by atoms with Crippen LogP contribution in [-0.4, -0.2) is 40.2 Å². The number of rotatable bonds is 2. The maximum absolute atomic E-state index is 8.73. The molecule has 0 aromatic carbocycles. The van der Waals surface area contributed by atoms with Gasteiger partial charge in [-0.25, -0.2) is 0 Å². The largest absolute Gasteiger partial charge is 0.395 e. The Hall–Kier alpha value is 0.650. The number of nitrogens with zero attached hydrogens (tertiary/aromatic N) is 1. The van der Waals surface area contributed by atoms with Crippen molar-refractivity contribution in [3.63, 3.8) is 0 Å². The maximum Gasteiger partial charge on any atom is 0.0558 e. The third-order valence-corrected chi connectivity index (χ3v) is 4.15. The number of aliphatic hydroxyl groups is 1. The van der Waals surface area contributed by atoms with Gasteiger partial charge in [-0.15, -0.1) is 0 Å². The smallest absolute Gasteiger partial charge is 0.0558 e. The lowest BCUT2D eigenvalue weighted by atomic mass is 10.0. The van der Waals surface area contributed by atoms with E-state index in [-0.39, 0.29) is 0 Å². The number of halogens is 1. The summed E-state index contributed by atoms with van der Waals surface area (Å²) in [5, 5.41) is 8.73. The summed E-state index contributed by atoms with van der Waals surface area (Å²) in [5.41, 5.74) is 0. The molecular weight excluding hydrogens is 253 g/mol. The first-order valence-electron chi connectivity index (χ1n) is 4.21. The van der Waals surface area contributed by atoms with E-state index in [2.05, 4.69) is 34.4 Å². The Morgan fingerprint density at radius 3 is 2.91 bits per heavy atom. The molecule has 0 spiro atoms. The number of β-amino-alcohol motifs (C(OH)–C–C–N with tert-alkyl or cyclic N) is 1. The van der Waals surface area contributed by atoms with Crippen molar-refractivity contribution in [1.82, 2.24) is 4.90 Å². The van der Waals surface area contributed by atoms with Gasteiger partial charge in [0, 0.05) is 17.0 Å². The number of likely N-dealkylation sites (tertiary alicyclic amines) is 1. The van der Waals surface area contributed by atoms with Crippen LogP contribution in [0, 0.1) is 5.92 Å². The van der Waals surface area contributed by atoms with Crippen molar-refractivity contribution >= 4 is 22.6 Å². The van der Waals surface area contributed by atoms with Gasteiger partial charge in [0.2, 0.25) is 0 Å². The summed E-state index contributed by atoms with van der Waals surface area (Å²) in [5.74, 6) is 0.788. The average molecular weight is 269 g/mol. The molecule has 2 atom stereocenters. The molecule has 0 aromatic rings. The second-order valence-electron chi connectivity index (χ2n) is 3.31. The summed E-state index contributed by atoms with van der Waals surface area (Å²) in [6.07, 6.45) is 1.28. The van der Waals surface area contributed by atoms with E-state index in [9.17, 15) is 0 Å². The van der Waals surface area contributed by atoms with E-state index in [0.717, 1.165) is 22.9 Å². The number of aliphatic hydroxyl groups excluding tert-OH is 1. The lowest BCUT2D eigenvalue weighted by Gasteiger charge is -2.33. The van der Waals surface area contributed by atoms with Crippen LogP contribution in [0.4, 0.5) is 0 Å². The highest BCUT2D eigenvalue weighted by molar-refractivity contribution is 14.1. The molecular formula is C8H16INO. The summed E-state index contributed by atoms with van der Waals surface area (Å²) < 4.78 is 0.836. The van der Waals surface area contributed by atoms with Crippen LogP contribution in [0.2, 0.25) is 0 Å². The third-order valence-electron chi connectivity index (χ3n) is 2.30. The fraction of sp³-hybridized carbons (Fsp3) is 1.00. The molecule has 2 nitrogen and oxygen atoms in total. The van der Waals surface area contributed by atoms with E-state index in [1.165, 1.54) is 13.0 Å². The Morgan fingerprint density at radius 1 is 1.64 bits per heavy atom. The van der Waals surface area contributed by atoms with Crippen molar-refractivity contribution in [3.05, 3.63) is 0 Å². The Bertz CT molecular complexity index is 121. The van der Waals surface area contributed by atoms with Gasteiger partial charge in [-0.2, -0.15) is 0 Å². The van der Waals surface area contributed by atoms with Gasteiger partial charge in [0.25, 0.3) is 0 Å². The van der Waals surface area contributed by atoms with E-state index in [1.54, 1.807) is 0 Å². The van der Waals surface area contributed by atoms with Crippen molar-refractivity contribution in [1.29, 1.82) is 0 Å². The Labute approximate surface area is 82.1 Å². The minimum Gasteiger partial charge on any atom is -0.395 e. The summed E-state index contributed by atoms with van der Waals surface area (Å²) in [4.78, 5) is 2.35. The van der Waals surface area contributed by atoms with Crippen molar-refractivity contribution < 1.29 is 5.11 Å². The van der Waals surface area contributed by atoms with Gasteiger partial charge in [0.05, 0.1) is 6.61 Å². The van der Waals surface area contributed by atoms with Crippen LogP contribution in [0.15, 0.2) is 0 Å². The summed E-state index contributed by atoms with van der Waals surface area (Å²) in [6.45, 7) is 5.78. The molecule has 0 saturated carbocycles. The molecule has 1 saturated heterocycles. The average Bonchev–Trinajstić information content (AvgIpc) is 1.98. The fourth-order valence-electron chi connectivity index (χ4n) is 1.55. The molecule has 3 heteroatoms. The minimum absolute atomic E-state index is 0.304. The number of hydrogen-bond donors (Lipinski definition) is 1. The van der Waals surface area contributed by atoms with Gasteiger partial charge >= 0.3 is 0 Å². The molecule has 1 N–H and O–H groups in total. The molecule has 1 rings (SSSR count). The van der Waals surface area contributed by atoms with Crippen molar-refractivity contribution in [2.75, 3.05) is 26.2 Å². The summed E-state index contributed by atoms with van der Waals surface area (Å²) in [6, 6.07) is 0. The highest BCUT2D eigenvalue weighted by Crippen LogP contribution is 2.23. The molecule has 0 aromatic heterocycles. The molecule has 1 fully saturated rings. The molecule has 0 bridgehead atoms. The standard InChI is InChI=1S/C8H16INO/c1-7-6-10(4-5-11)3-2-8(7)9/h7-8,11H,2-6H2,1H3. The second kappa shape index (κ2) is 4.62. The van der Waals surface area contributed by atoms with Crippen molar-refractivity contribution in [2.24, 2.45) is 5.92 Å². The topological polar surface area (TPSA) is 23.5 Å². The quantitative estimate of drug-likeness (QED) is 0.600. The second-order valence-corrected chi connectivity index (χ2v) is 4.91. The first-order valence-corrected chi connectivity index (χ1v) is 5.46. The molecule has 11 heavy (non-hydrogen) atoms. The van der Waals surface area contributed by atoms with E-state index >= 15 is 0 Å². The molecule has 1 aliphatic heterocycles. The van der Waals surface area contributed by atoms with Crippen LogP contribution in [0.1, 0.15) is 13.3 Å². The monoisotopic (exact) mass is 269 g/mol. The van der Waals surface area contributed by atoms with Gasteiger partial charge in [-0.05, 0) is 18.9 Å². The first kappa shape index (κ1) is 9.74. The van der Waals surface area contributed by atoms with E-state index in [0.29, 0.717) is 6.61 Å². The third kappa shape index (κ3) is 2.87. The zero-order valence-electron chi connectivity index (χ0n) is 6.96. The van der Waals surface area contributed by atoms with Gasteiger partial charge in [0.1, 0.15) is 0 Å². The zero-order chi connectivity index (χ0) is 8.27. The Morgan fingerprint density at radius 2 is 2.36 bits per heavy atom. The molecule has 0 aliphatic carbocycles. The SMILES string of the molecule is CC1CN(CCO)CCC1I. The normalized spacial score (nSPS) is 34.1. The van der Waals surface area contributed by atoms with Crippen molar-refractivity contribution in [3.8, 4) is 0 Å². The van der Waals surface area contributed by atoms with Crippen molar-refractivity contribution in [2.45, 2.75) is 17.3 Å². The molecule has 1 heterocycles. The fourth-order valence-corrected chi connectivity index (χ4v) is 2.05. The van der Waals surface area contributed by atoms with Gasteiger partial charge < -0.3 is 10.0 Å². The minimum atomic E-state index is 0.304. The Kier molecular flexibility index (Phi) is 4.09. The van der Waals surface area contributed by atoms with E-state index < -0.39 is 0 Å². The summed E-state index contributed by atoms with van der Waals surface area (Å²) >= 11 is 2.53. The number of piperidine rings is 1. The first-order chi connectivity index (χ1) is 5.24. The lowest BCUT2D eigenvalue weighted by molar-refractivity contribution is 0.152. The molecule has 0 amide bonds. The number of alkyl halides is 1. The maximum atomic E-state index is 8.73. The number of hydrogen-bond acceptors (Lipinski definition) is 2. The predicted octanol–water partition coefficient (Wildman–Crippen LogP) is 1.12. The predicted molar refractivity (Wildman–Crippen MR) is 55.1 cm³/mol. The van der Waals surface area contributed by atoms with Gasteiger partial charge in [0.15, 0.2) is 0 Å². The van der Waals surface area contributed by atoms with Gasteiger partial charge in [-0.1, -0.05) is 29.5 Å². The Balaban J connectivity index is 2.28.